The number of hydrogen-bond donors (Lipinski definition) is 2. The highest BCUT2D eigenvalue weighted by atomic mass is 16.6. The molecular formula is C17H30N4O2. The van der Waals surface area contributed by atoms with Crippen molar-refractivity contribution in [3.05, 3.63) is 18.0 Å². The second-order valence-electron chi connectivity index (χ2n) is 7.54. The Hall–Kier alpha value is -1.56. The van der Waals surface area contributed by atoms with E-state index < -0.39 is 5.60 Å². The predicted molar refractivity (Wildman–Crippen MR) is 90.2 cm³/mol. The summed E-state index contributed by atoms with van der Waals surface area (Å²) in [5, 5.41) is 10.9. The summed E-state index contributed by atoms with van der Waals surface area (Å²) < 4.78 is 7.17. The van der Waals surface area contributed by atoms with Crippen LogP contribution in [0.5, 0.6) is 0 Å². The molecule has 1 aliphatic carbocycles. The van der Waals surface area contributed by atoms with Gasteiger partial charge in [0.25, 0.3) is 0 Å². The lowest BCUT2D eigenvalue weighted by atomic mass is 9.90. The van der Waals surface area contributed by atoms with Crippen LogP contribution in [-0.4, -0.2) is 33.6 Å². The van der Waals surface area contributed by atoms with Gasteiger partial charge in [-0.1, -0.05) is 0 Å². The van der Waals surface area contributed by atoms with Gasteiger partial charge < -0.3 is 15.4 Å². The first-order chi connectivity index (χ1) is 10.7. The summed E-state index contributed by atoms with van der Waals surface area (Å²) in [5.74, 6) is 0. The van der Waals surface area contributed by atoms with Crippen molar-refractivity contribution in [3.8, 4) is 0 Å². The molecule has 1 heterocycles. The minimum Gasteiger partial charge on any atom is -0.444 e. The second-order valence-corrected chi connectivity index (χ2v) is 7.54. The highest BCUT2D eigenvalue weighted by Gasteiger charge is 2.26. The van der Waals surface area contributed by atoms with Crippen LogP contribution < -0.4 is 10.6 Å². The summed E-state index contributed by atoms with van der Waals surface area (Å²) in [6.07, 6.45) is 7.81. The molecule has 130 valence electrons. The molecule has 6 nitrogen and oxygen atoms in total. The number of amides is 1. The predicted octanol–water partition coefficient (Wildman–Crippen LogP) is 2.91. The van der Waals surface area contributed by atoms with Crippen molar-refractivity contribution in [2.24, 2.45) is 7.05 Å². The van der Waals surface area contributed by atoms with Gasteiger partial charge in [-0.15, -0.1) is 0 Å². The number of aryl methyl sites for hydroxylation is 1. The summed E-state index contributed by atoms with van der Waals surface area (Å²) >= 11 is 0. The molecule has 1 aliphatic rings. The van der Waals surface area contributed by atoms with E-state index in [1.54, 1.807) is 0 Å². The van der Waals surface area contributed by atoms with Gasteiger partial charge in [-0.25, -0.2) is 4.79 Å². The second kappa shape index (κ2) is 7.34. The maximum Gasteiger partial charge on any atom is 0.407 e. The van der Waals surface area contributed by atoms with E-state index in [2.05, 4.69) is 22.7 Å². The number of rotatable bonds is 4. The summed E-state index contributed by atoms with van der Waals surface area (Å²) in [7, 11) is 1.93. The Morgan fingerprint density at radius 3 is 2.70 bits per heavy atom. The molecule has 1 saturated carbocycles. The van der Waals surface area contributed by atoms with Crippen LogP contribution in [0, 0.1) is 0 Å². The third-order valence-corrected chi connectivity index (χ3v) is 4.11. The minimum absolute atomic E-state index is 0.178. The molecule has 1 aromatic rings. The lowest BCUT2D eigenvalue weighted by Crippen LogP contribution is -2.46. The summed E-state index contributed by atoms with van der Waals surface area (Å²) in [6, 6.07) is 0.838. The lowest BCUT2D eigenvalue weighted by molar-refractivity contribution is 0.0488. The van der Waals surface area contributed by atoms with Gasteiger partial charge in [0.2, 0.25) is 0 Å². The molecule has 0 unspecified atom stereocenters. The van der Waals surface area contributed by atoms with Gasteiger partial charge >= 0.3 is 6.09 Å². The minimum atomic E-state index is -0.453. The van der Waals surface area contributed by atoms with Crippen molar-refractivity contribution >= 4 is 6.09 Å². The van der Waals surface area contributed by atoms with Gasteiger partial charge in [0.15, 0.2) is 0 Å². The molecule has 2 N–H and O–H groups in total. The van der Waals surface area contributed by atoms with Gasteiger partial charge in [-0.05, 0) is 53.4 Å². The third kappa shape index (κ3) is 5.86. The van der Waals surface area contributed by atoms with Crippen molar-refractivity contribution < 1.29 is 9.53 Å². The van der Waals surface area contributed by atoms with Gasteiger partial charge in [-0.2, -0.15) is 5.10 Å². The molecule has 1 fully saturated rings. The average Bonchev–Trinajstić information content (AvgIpc) is 2.83. The number of nitrogens with zero attached hydrogens (tertiary/aromatic N) is 2. The summed E-state index contributed by atoms with van der Waals surface area (Å²) in [6.45, 7) is 7.80. The zero-order valence-corrected chi connectivity index (χ0v) is 14.9. The number of nitrogens with one attached hydrogen (secondary N) is 2. The van der Waals surface area contributed by atoms with E-state index >= 15 is 0 Å². The van der Waals surface area contributed by atoms with E-state index in [4.69, 9.17) is 4.74 Å². The monoisotopic (exact) mass is 322 g/mol. The van der Waals surface area contributed by atoms with Crippen LogP contribution in [0.1, 0.15) is 65.0 Å². The van der Waals surface area contributed by atoms with Crippen molar-refractivity contribution in [1.29, 1.82) is 0 Å². The van der Waals surface area contributed by atoms with Gasteiger partial charge in [-0.3, -0.25) is 4.68 Å². The number of carbonyl (C=O) groups is 1. The van der Waals surface area contributed by atoms with Gasteiger partial charge in [0.05, 0.1) is 6.20 Å². The zero-order chi connectivity index (χ0) is 17.0. The molecule has 0 aromatic carbocycles. The highest BCUT2D eigenvalue weighted by Crippen LogP contribution is 2.22. The molecule has 6 heteroatoms. The fourth-order valence-electron chi connectivity index (χ4n) is 3.06. The maximum atomic E-state index is 11.9. The van der Waals surface area contributed by atoms with Crippen LogP contribution in [0.4, 0.5) is 4.79 Å². The summed E-state index contributed by atoms with van der Waals surface area (Å²) in [4.78, 5) is 11.9. The van der Waals surface area contributed by atoms with Crippen LogP contribution in [-0.2, 0) is 11.8 Å². The Balaban J connectivity index is 1.82. The van der Waals surface area contributed by atoms with E-state index in [0.717, 1.165) is 25.7 Å². The van der Waals surface area contributed by atoms with E-state index in [-0.39, 0.29) is 18.2 Å². The first-order valence-electron chi connectivity index (χ1n) is 8.47. The molecule has 3 atom stereocenters. The van der Waals surface area contributed by atoms with Crippen LogP contribution in [0.3, 0.4) is 0 Å². The van der Waals surface area contributed by atoms with Crippen LogP contribution in [0.25, 0.3) is 0 Å². The first kappa shape index (κ1) is 17.8. The number of carbonyl (C=O) groups excluding carboxylic acids is 1. The van der Waals surface area contributed by atoms with E-state index in [9.17, 15) is 4.79 Å². The number of alkyl carbamates (subject to hydrolysis) is 1. The number of aromatic nitrogens is 2. The normalized spacial score (nSPS) is 23.3. The number of ether oxygens (including phenoxy) is 1. The van der Waals surface area contributed by atoms with E-state index in [1.165, 1.54) is 5.56 Å². The highest BCUT2D eigenvalue weighted by molar-refractivity contribution is 5.68. The number of hydrogen-bond acceptors (Lipinski definition) is 4. The lowest BCUT2D eigenvalue weighted by Gasteiger charge is -2.32. The third-order valence-electron chi connectivity index (χ3n) is 4.11. The Labute approximate surface area is 139 Å². The van der Waals surface area contributed by atoms with Crippen LogP contribution in [0.15, 0.2) is 12.4 Å². The first-order valence-corrected chi connectivity index (χ1v) is 8.47. The molecule has 0 bridgehead atoms. The van der Waals surface area contributed by atoms with E-state index in [0.29, 0.717) is 6.04 Å². The topological polar surface area (TPSA) is 68.2 Å². The molecule has 0 radical (unpaired) electrons. The van der Waals surface area contributed by atoms with Crippen molar-refractivity contribution in [2.75, 3.05) is 0 Å². The maximum absolute atomic E-state index is 11.9. The quantitative estimate of drug-likeness (QED) is 0.894. The van der Waals surface area contributed by atoms with Gasteiger partial charge in [0.1, 0.15) is 5.60 Å². The zero-order valence-electron chi connectivity index (χ0n) is 14.9. The van der Waals surface area contributed by atoms with Crippen molar-refractivity contribution in [2.45, 2.75) is 77.1 Å². The standard InChI is InChI=1S/C17H30N4O2/c1-12(13-10-18-21(5)11-13)19-14-7-6-8-15(9-14)20-16(22)23-17(2,3)4/h10-12,14-15,19H,6-9H2,1-5H3,(H,20,22)/t12-,14+,15+/m0/s1. The van der Waals surface area contributed by atoms with Crippen LogP contribution >= 0.6 is 0 Å². The fourth-order valence-corrected chi connectivity index (χ4v) is 3.06. The smallest absolute Gasteiger partial charge is 0.407 e. The SMILES string of the molecule is C[C@H](N[C@@H]1CCC[C@@H](NC(=O)OC(C)(C)C)C1)c1cnn(C)c1. The van der Waals surface area contributed by atoms with Crippen LogP contribution in [0.2, 0.25) is 0 Å². The molecule has 0 spiro atoms. The van der Waals surface area contributed by atoms with E-state index in [1.807, 2.05) is 44.9 Å². The molecule has 1 amide bonds. The molecule has 0 saturated heterocycles. The molecular weight excluding hydrogens is 292 g/mol. The molecule has 1 aromatic heterocycles. The molecule has 2 rings (SSSR count). The Bertz CT molecular complexity index is 521. The Morgan fingerprint density at radius 1 is 1.39 bits per heavy atom. The van der Waals surface area contributed by atoms with Crippen molar-refractivity contribution in [3.63, 3.8) is 0 Å². The molecule has 23 heavy (non-hydrogen) atoms. The molecule has 0 aliphatic heterocycles. The van der Waals surface area contributed by atoms with Crippen molar-refractivity contribution in [1.82, 2.24) is 20.4 Å². The summed E-state index contributed by atoms with van der Waals surface area (Å²) in [5.41, 5.74) is 0.736. The Morgan fingerprint density at radius 2 is 2.09 bits per heavy atom. The average molecular weight is 322 g/mol. The fraction of sp³-hybridized carbons (Fsp3) is 0.765. The Kier molecular flexibility index (Phi) is 5.68. The largest absolute Gasteiger partial charge is 0.444 e. The van der Waals surface area contributed by atoms with Gasteiger partial charge in [0, 0.05) is 36.9 Å².